The smallest absolute Gasteiger partial charge is 0.246 e. The van der Waals surface area contributed by atoms with E-state index in [1.807, 2.05) is 30.3 Å². The van der Waals surface area contributed by atoms with Gasteiger partial charge in [-0.1, -0.05) is 37.3 Å². The number of carbonyl (C=O) groups is 2. The number of fused-ring (bicyclic) bond motifs is 1. The molecule has 2 heterocycles. The Morgan fingerprint density at radius 2 is 1.95 bits per heavy atom. The van der Waals surface area contributed by atoms with Crippen molar-refractivity contribution in [3.05, 3.63) is 35.9 Å². The van der Waals surface area contributed by atoms with E-state index in [4.69, 9.17) is 0 Å². The van der Waals surface area contributed by atoms with Crippen LogP contribution in [0.15, 0.2) is 30.3 Å². The Morgan fingerprint density at radius 1 is 1.19 bits per heavy atom. The van der Waals surface area contributed by atoms with E-state index in [9.17, 15) is 9.59 Å². The zero-order valence-electron chi connectivity index (χ0n) is 12.5. The summed E-state index contributed by atoms with van der Waals surface area (Å²) in [6.07, 6.45) is 3.70. The second kappa shape index (κ2) is 5.88. The average Bonchev–Trinajstić information content (AvgIpc) is 2.54. The Bertz CT molecular complexity index is 529. The number of rotatable bonds is 3. The standard InChI is InChI=1S/C17H22N2O2/c1-2-14(13-8-4-3-5-9-13)19-12-16(20)18-11-7-6-10-15(18)17(19)21/h3-5,8-9,14-15H,2,6-7,10-12H2,1H3. The van der Waals surface area contributed by atoms with Gasteiger partial charge in [0, 0.05) is 6.54 Å². The molecule has 112 valence electrons. The Hall–Kier alpha value is -1.84. The van der Waals surface area contributed by atoms with Crippen molar-refractivity contribution in [1.29, 1.82) is 0 Å². The van der Waals surface area contributed by atoms with Crippen LogP contribution in [0.4, 0.5) is 0 Å². The van der Waals surface area contributed by atoms with Crippen LogP contribution in [0.5, 0.6) is 0 Å². The lowest BCUT2D eigenvalue weighted by molar-refractivity contribution is -0.160. The molecule has 0 radical (unpaired) electrons. The molecule has 0 bridgehead atoms. The van der Waals surface area contributed by atoms with Crippen LogP contribution in [0.1, 0.15) is 44.2 Å². The lowest BCUT2D eigenvalue weighted by Gasteiger charge is -2.45. The van der Waals surface area contributed by atoms with Crippen molar-refractivity contribution in [3.63, 3.8) is 0 Å². The first-order valence-electron chi connectivity index (χ1n) is 7.87. The molecule has 2 amide bonds. The van der Waals surface area contributed by atoms with Crippen LogP contribution in [-0.2, 0) is 9.59 Å². The number of hydrogen-bond acceptors (Lipinski definition) is 2. The van der Waals surface area contributed by atoms with Gasteiger partial charge < -0.3 is 9.80 Å². The highest BCUT2D eigenvalue weighted by molar-refractivity contribution is 5.95. The molecule has 2 unspecified atom stereocenters. The van der Waals surface area contributed by atoms with Crippen LogP contribution in [0.2, 0.25) is 0 Å². The first kappa shape index (κ1) is 14.1. The molecule has 0 aliphatic carbocycles. The minimum atomic E-state index is -0.224. The van der Waals surface area contributed by atoms with E-state index in [0.717, 1.165) is 37.8 Å². The normalized spacial score (nSPS) is 24.0. The summed E-state index contributed by atoms with van der Waals surface area (Å²) in [4.78, 5) is 28.8. The molecule has 1 aromatic rings. The molecule has 1 aromatic carbocycles. The Kier molecular flexibility index (Phi) is 3.95. The lowest BCUT2D eigenvalue weighted by Crippen LogP contribution is -2.61. The summed E-state index contributed by atoms with van der Waals surface area (Å²) >= 11 is 0. The summed E-state index contributed by atoms with van der Waals surface area (Å²) < 4.78 is 0. The maximum absolute atomic E-state index is 12.8. The van der Waals surface area contributed by atoms with Gasteiger partial charge in [0.2, 0.25) is 11.8 Å². The van der Waals surface area contributed by atoms with Crippen molar-refractivity contribution < 1.29 is 9.59 Å². The van der Waals surface area contributed by atoms with Crippen LogP contribution < -0.4 is 0 Å². The van der Waals surface area contributed by atoms with Gasteiger partial charge in [0.25, 0.3) is 0 Å². The molecule has 0 spiro atoms. The van der Waals surface area contributed by atoms with Crippen LogP contribution in [0.3, 0.4) is 0 Å². The first-order chi connectivity index (χ1) is 10.2. The molecule has 0 saturated carbocycles. The molecular formula is C17H22N2O2. The maximum atomic E-state index is 12.8. The first-order valence-corrected chi connectivity index (χ1v) is 7.87. The summed E-state index contributed by atoms with van der Waals surface area (Å²) in [5, 5.41) is 0. The third kappa shape index (κ3) is 2.55. The fourth-order valence-corrected chi connectivity index (χ4v) is 3.57. The number of piperazine rings is 1. The minimum absolute atomic E-state index is 0.00623. The van der Waals surface area contributed by atoms with Gasteiger partial charge in [-0.3, -0.25) is 9.59 Å². The predicted molar refractivity (Wildman–Crippen MR) is 80.5 cm³/mol. The number of nitrogens with zero attached hydrogens (tertiary/aromatic N) is 2. The van der Waals surface area contributed by atoms with Crippen molar-refractivity contribution in [3.8, 4) is 0 Å². The minimum Gasteiger partial charge on any atom is -0.329 e. The van der Waals surface area contributed by atoms with E-state index in [1.54, 1.807) is 9.80 Å². The SMILES string of the molecule is CCC(c1ccccc1)N1CC(=O)N2CCCCC2C1=O. The van der Waals surface area contributed by atoms with Gasteiger partial charge in [-0.05, 0) is 31.2 Å². The average molecular weight is 286 g/mol. The van der Waals surface area contributed by atoms with Crippen LogP contribution in [0, 0.1) is 0 Å². The second-order valence-corrected chi connectivity index (χ2v) is 5.90. The zero-order valence-corrected chi connectivity index (χ0v) is 12.5. The molecule has 4 nitrogen and oxygen atoms in total. The molecule has 0 N–H and O–H groups in total. The third-order valence-electron chi connectivity index (χ3n) is 4.64. The molecule has 2 atom stereocenters. The number of amides is 2. The molecule has 4 heteroatoms. The van der Waals surface area contributed by atoms with E-state index in [-0.39, 0.29) is 30.4 Å². The molecule has 2 aliphatic heterocycles. The summed E-state index contributed by atoms with van der Waals surface area (Å²) in [5.74, 6) is 0.235. The Labute approximate surface area is 125 Å². The fraction of sp³-hybridized carbons (Fsp3) is 0.529. The molecule has 2 aliphatic rings. The van der Waals surface area contributed by atoms with E-state index >= 15 is 0 Å². The highest BCUT2D eigenvalue weighted by atomic mass is 16.2. The highest BCUT2D eigenvalue weighted by Gasteiger charge is 2.42. The van der Waals surface area contributed by atoms with Gasteiger partial charge in [0.05, 0.1) is 6.04 Å². The molecule has 21 heavy (non-hydrogen) atoms. The summed E-state index contributed by atoms with van der Waals surface area (Å²) in [6.45, 7) is 3.04. The van der Waals surface area contributed by atoms with Gasteiger partial charge in [-0.15, -0.1) is 0 Å². The number of carbonyl (C=O) groups excluding carboxylic acids is 2. The van der Waals surface area contributed by atoms with Crippen molar-refractivity contribution in [2.75, 3.05) is 13.1 Å². The van der Waals surface area contributed by atoms with E-state index in [1.165, 1.54) is 0 Å². The molecular weight excluding hydrogens is 264 g/mol. The van der Waals surface area contributed by atoms with Crippen molar-refractivity contribution in [1.82, 2.24) is 9.80 Å². The van der Waals surface area contributed by atoms with Crippen LogP contribution in [0.25, 0.3) is 0 Å². The predicted octanol–water partition coefficient (Wildman–Crippen LogP) is 2.36. The van der Waals surface area contributed by atoms with Crippen molar-refractivity contribution >= 4 is 11.8 Å². The molecule has 3 rings (SSSR count). The number of hydrogen-bond donors (Lipinski definition) is 0. The fourth-order valence-electron chi connectivity index (χ4n) is 3.57. The van der Waals surface area contributed by atoms with E-state index in [2.05, 4.69) is 6.92 Å². The lowest BCUT2D eigenvalue weighted by atomic mass is 9.95. The van der Waals surface area contributed by atoms with E-state index in [0.29, 0.717) is 0 Å². The van der Waals surface area contributed by atoms with Gasteiger partial charge in [-0.25, -0.2) is 0 Å². The molecule has 2 fully saturated rings. The highest BCUT2D eigenvalue weighted by Crippen LogP contribution is 2.31. The number of piperidine rings is 1. The van der Waals surface area contributed by atoms with Gasteiger partial charge in [-0.2, -0.15) is 0 Å². The second-order valence-electron chi connectivity index (χ2n) is 5.90. The maximum Gasteiger partial charge on any atom is 0.246 e. The zero-order chi connectivity index (χ0) is 14.8. The van der Waals surface area contributed by atoms with Crippen LogP contribution >= 0.6 is 0 Å². The summed E-state index contributed by atoms with van der Waals surface area (Å²) in [6, 6.07) is 9.81. The third-order valence-corrected chi connectivity index (χ3v) is 4.64. The molecule has 0 aromatic heterocycles. The van der Waals surface area contributed by atoms with Gasteiger partial charge in [0.15, 0.2) is 0 Å². The van der Waals surface area contributed by atoms with Gasteiger partial charge >= 0.3 is 0 Å². The van der Waals surface area contributed by atoms with Crippen molar-refractivity contribution in [2.45, 2.75) is 44.7 Å². The van der Waals surface area contributed by atoms with Crippen LogP contribution in [-0.4, -0.2) is 40.7 Å². The quantitative estimate of drug-likeness (QED) is 0.856. The molecule has 2 saturated heterocycles. The van der Waals surface area contributed by atoms with E-state index < -0.39 is 0 Å². The summed E-state index contributed by atoms with van der Waals surface area (Å²) in [5.41, 5.74) is 1.12. The van der Waals surface area contributed by atoms with Gasteiger partial charge in [0.1, 0.15) is 12.6 Å². The van der Waals surface area contributed by atoms with Crippen molar-refractivity contribution in [2.24, 2.45) is 0 Å². The topological polar surface area (TPSA) is 40.6 Å². The Morgan fingerprint density at radius 3 is 2.67 bits per heavy atom. The number of benzene rings is 1. The largest absolute Gasteiger partial charge is 0.329 e. The Balaban J connectivity index is 1.87. The summed E-state index contributed by atoms with van der Waals surface area (Å²) in [7, 11) is 0. The monoisotopic (exact) mass is 286 g/mol.